The summed E-state index contributed by atoms with van der Waals surface area (Å²) in [5.41, 5.74) is 3.57. The van der Waals surface area contributed by atoms with Crippen molar-refractivity contribution in [3.63, 3.8) is 0 Å². The van der Waals surface area contributed by atoms with Crippen LogP contribution in [0.4, 0.5) is 18.9 Å². The summed E-state index contributed by atoms with van der Waals surface area (Å²) in [5.74, 6) is -0.922. The minimum atomic E-state index is -4.96. The number of aromatic nitrogens is 3. The molecule has 0 saturated heterocycles. The SMILES string of the molecule is Cc1cc(N)c2nc1O[C@H](C)CCCCC[C@](O)(C(F)(F)F)c1nnc-2o1. The lowest BCUT2D eigenvalue weighted by atomic mass is 9.94. The third-order valence-corrected chi connectivity index (χ3v) is 4.61. The van der Waals surface area contributed by atoms with E-state index in [1.54, 1.807) is 13.0 Å². The predicted octanol–water partition coefficient (Wildman–Crippen LogP) is 3.50. The molecule has 3 N–H and O–H groups in total. The van der Waals surface area contributed by atoms with E-state index < -0.39 is 24.1 Å². The molecule has 0 amide bonds. The molecule has 7 nitrogen and oxygen atoms in total. The second-order valence-corrected chi connectivity index (χ2v) is 6.85. The summed E-state index contributed by atoms with van der Waals surface area (Å²) in [5, 5.41) is 17.4. The molecule has 2 aromatic heterocycles. The Morgan fingerprint density at radius 2 is 2.00 bits per heavy atom. The first-order valence-electron chi connectivity index (χ1n) is 8.69. The Kier molecular flexibility index (Phi) is 5.02. The highest BCUT2D eigenvalue weighted by atomic mass is 19.4. The van der Waals surface area contributed by atoms with Crippen LogP contribution in [0.15, 0.2) is 10.5 Å². The normalized spacial score (nSPS) is 24.1. The van der Waals surface area contributed by atoms with Gasteiger partial charge in [0, 0.05) is 5.56 Å². The molecule has 2 aromatic rings. The molecule has 0 aromatic carbocycles. The highest BCUT2D eigenvalue weighted by Crippen LogP contribution is 2.43. The van der Waals surface area contributed by atoms with Gasteiger partial charge in [0.1, 0.15) is 0 Å². The Bertz CT molecular complexity index is 824. The van der Waals surface area contributed by atoms with Crippen LogP contribution in [-0.4, -0.2) is 32.6 Å². The largest absolute Gasteiger partial charge is 0.474 e. The fraction of sp³-hybridized carbons (Fsp3) is 0.588. The monoisotopic (exact) mass is 386 g/mol. The van der Waals surface area contributed by atoms with Gasteiger partial charge in [-0.3, -0.25) is 0 Å². The molecule has 3 heterocycles. The molecule has 148 valence electrons. The summed E-state index contributed by atoms with van der Waals surface area (Å²) < 4.78 is 51.6. The number of nitrogen functional groups attached to an aromatic ring is 1. The summed E-state index contributed by atoms with van der Waals surface area (Å²) in [4.78, 5) is 4.26. The van der Waals surface area contributed by atoms with Gasteiger partial charge < -0.3 is 20.0 Å². The van der Waals surface area contributed by atoms with Crippen molar-refractivity contribution in [2.75, 3.05) is 5.73 Å². The third kappa shape index (κ3) is 3.71. The van der Waals surface area contributed by atoms with Crippen molar-refractivity contribution >= 4 is 5.69 Å². The van der Waals surface area contributed by atoms with Crippen molar-refractivity contribution in [2.45, 2.75) is 63.8 Å². The maximum Gasteiger partial charge on any atom is 0.426 e. The third-order valence-electron chi connectivity index (χ3n) is 4.61. The number of alkyl halides is 3. The second-order valence-electron chi connectivity index (χ2n) is 6.85. The van der Waals surface area contributed by atoms with Crippen molar-refractivity contribution < 1.29 is 27.4 Å². The number of ether oxygens (including phenoxy) is 1. The number of aryl methyl sites for hydroxylation is 1. The molecule has 27 heavy (non-hydrogen) atoms. The molecule has 0 aliphatic carbocycles. The first kappa shape index (κ1) is 19.4. The van der Waals surface area contributed by atoms with E-state index in [0.29, 0.717) is 30.7 Å². The number of pyridine rings is 1. The zero-order valence-electron chi connectivity index (χ0n) is 15.0. The molecule has 10 heteroatoms. The lowest BCUT2D eigenvalue weighted by Gasteiger charge is -2.27. The molecular formula is C17H21F3N4O3. The van der Waals surface area contributed by atoms with E-state index in [1.165, 1.54) is 0 Å². The van der Waals surface area contributed by atoms with Crippen molar-refractivity contribution in [3.8, 4) is 17.5 Å². The lowest BCUT2D eigenvalue weighted by molar-refractivity contribution is -0.277. The van der Waals surface area contributed by atoms with Crippen LogP contribution in [0.5, 0.6) is 5.88 Å². The van der Waals surface area contributed by atoms with E-state index in [0.717, 1.165) is 0 Å². The van der Waals surface area contributed by atoms with Gasteiger partial charge in [-0.15, -0.1) is 10.2 Å². The number of aliphatic hydroxyl groups is 1. The van der Waals surface area contributed by atoms with Crippen LogP contribution in [0.3, 0.4) is 0 Å². The Morgan fingerprint density at radius 1 is 1.26 bits per heavy atom. The lowest BCUT2D eigenvalue weighted by Crippen LogP contribution is -2.42. The van der Waals surface area contributed by atoms with Crippen molar-refractivity contribution in [2.24, 2.45) is 0 Å². The quantitative estimate of drug-likeness (QED) is 0.713. The maximum absolute atomic E-state index is 13.5. The van der Waals surface area contributed by atoms with E-state index in [4.69, 9.17) is 14.9 Å². The van der Waals surface area contributed by atoms with Crippen LogP contribution >= 0.6 is 0 Å². The zero-order chi connectivity index (χ0) is 19.8. The van der Waals surface area contributed by atoms with Crippen molar-refractivity contribution in [3.05, 3.63) is 17.5 Å². The topological polar surface area (TPSA) is 107 Å². The predicted molar refractivity (Wildman–Crippen MR) is 89.8 cm³/mol. The fourth-order valence-corrected chi connectivity index (χ4v) is 3.00. The number of nitrogens with zero attached hydrogens (tertiary/aromatic N) is 3. The van der Waals surface area contributed by atoms with Gasteiger partial charge in [0.15, 0.2) is 5.69 Å². The van der Waals surface area contributed by atoms with E-state index in [9.17, 15) is 18.3 Å². The number of rotatable bonds is 0. The van der Waals surface area contributed by atoms with Gasteiger partial charge in [0.25, 0.3) is 11.8 Å². The van der Waals surface area contributed by atoms with Crippen LogP contribution < -0.4 is 10.5 Å². The molecule has 3 rings (SSSR count). The smallest absolute Gasteiger partial charge is 0.426 e. The van der Waals surface area contributed by atoms with E-state index >= 15 is 0 Å². The van der Waals surface area contributed by atoms with Crippen LogP contribution in [0.1, 0.15) is 50.5 Å². The molecule has 0 fully saturated rings. The number of hydrogen-bond donors (Lipinski definition) is 2. The average Bonchev–Trinajstić information content (AvgIpc) is 3.05. The number of hydrogen-bond acceptors (Lipinski definition) is 7. The molecule has 1 aliphatic heterocycles. The number of anilines is 1. The average molecular weight is 386 g/mol. The molecule has 0 spiro atoms. The molecule has 0 unspecified atom stereocenters. The van der Waals surface area contributed by atoms with Gasteiger partial charge in [-0.25, -0.2) is 4.98 Å². The van der Waals surface area contributed by atoms with Gasteiger partial charge in [-0.2, -0.15) is 13.2 Å². The van der Waals surface area contributed by atoms with Crippen LogP contribution in [-0.2, 0) is 5.60 Å². The number of nitrogens with two attached hydrogens (primary N) is 1. The fourth-order valence-electron chi connectivity index (χ4n) is 3.00. The molecule has 0 radical (unpaired) electrons. The minimum absolute atomic E-state index is 0.0168. The Labute approximate surface area is 153 Å². The van der Waals surface area contributed by atoms with Crippen LogP contribution in [0.25, 0.3) is 11.6 Å². The van der Waals surface area contributed by atoms with Gasteiger partial charge >= 0.3 is 6.18 Å². The summed E-state index contributed by atoms with van der Waals surface area (Å²) in [6.07, 6.45) is -3.79. The maximum atomic E-state index is 13.5. The minimum Gasteiger partial charge on any atom is -0.474 e. The van der Waals surface area contributed by atoms with E-state index in [1.807, 2.05) is 6.92 Å². The van der Waals surface area contributed by atoms with Gasteiger partial charge in [0.2, 0.25) is 11.5 Å². The Hall–Kier alpha value is -2.36. The first-order chi connectivity index (χ1) is 12.6. The summed E-state index contributed by atoms with van der Waals surface area (Å²) in [7, 11) is 0. The first-order valence-corrected chi connectivity index (χ1v) is 8.69. The highest BCUT2D eigenvalue weighted by molar-refractivity contribution is 5.67. The molecule has 4 bridgehead atoms. The van der Waals surface area contributed by atoms with E-state index in [2.05, 4.69) is 15.2 Å². The zero-order valence-corrected chi connectivity index (χ0v) is 15.0. The van der Waals surface area contributed by atoms with Gasteiger partial charge in [-0.1, -0.05) is 6.42 Å². The molecule has 2 atom stereocenters. The summed E-state index contributed by atoms with van der Waals surface area (Å²) in [6.45, 7) is 3.62. The van der Waals surface area contributed by atoms with Crippen molar-refractivity contribution in [1.82, 2.24) is 15.2 Å². The van der Waals surface area contributed by atoms with Crippen LogP contribution in [0.2, 0.25) is 0 Å². The second kappa shape index (κ2) is 6.99. The number of halogens is 3. The van der Waals surface area contributed by atoms with Crippen molar-refractivity contribution in [1.29, 1.82) is 0 Å². The molecule has 1 aliphatic rings. The molecule has 0 saturated carbocycles. The highest BCUT2D eigenvalue weighted by Gasteiger charge is 2.58. The Morgan fingerprint density at radius 3 is 2.70 bits per heavy atom. The van der Waals surface area contributed by atoms with Gasteiger partial charge in [-0.05, 0) is 45.6 Å². The number of fused-ring (bicyclic) bond motifs is 5. The van der Waals surface area contributed by atoms with E-state index in [-0.39, 0.29) is 29.8 Å². The standard InChI is InChI=1S/C17H21F3N4O3/c1-9-8-11(21)12-14-23-24-15(27-14)16(25,17(18,19)20)7-5-3-4-6-10(2)26-13(9)22-12/h8,10,25H,3-7,21H2,1-2H3/t10-,16-/m1/s1. The Balaban J connectivity index is 2.11. The summed E-state index contributed by atoms with van der Waals surface area (Å²) in [6, 6.07) is 1.58. The summed E-state index contributed by atoms with van der Waals surface area (Å²) >= 11 is 0. The van der Waals surface area contributed by atoms with Gasteiger partial charge in [0.05, 0.1) is 11.8 Å². The van der Waals surface area contributed by atoms with Crippen LogP contribution in [0, 0.1) is 6.92 Å². The molecular weight excluding hydrogens is 365 g/mol.